The minimum atomic E-state index is -0.131. The predicted octanol–water partition coefficient (Wildman–Crippen LogP) is 2.80. The summed E-state index contributed by atoms with van der Waals surface area (Å²) in [7, 11) is 0. The first-order valence-corrected chi connectivity index (χ1v) is 8.91. The van der Waals surface area contributed by atoms with Crippen molar-refractivity contribution in [3.8, 4) is 0 Å². The standard InChI is InChI=1S/C18H27N5O2/c1-7-13-10(4)11(5)17(25-13)23-8-19-14-12(6)20-18(21-15(14)23)22-16(24)9(2)3/h8-11,13,17H,6-7H2,1-5H3,(H2,20,21,22,24)/t10?,11?,13-,17-/m1/s1. The second-order valence-electron chi connectivity index (χ2n) is 7.22. The van der Waals surface area contributed by atoms with Crippen molar-refractivity contribution in [3.63, 3.8) is 0 Å². The fourth-order valence-corrected chi connectivity index (χ4v) is 3.33. The molecule has 0 aromatic carbocycles. The summed E-state index contributed by atoms with van der Waals surface area (Å²) in [6, 6.07) is 0. The van der Waals surface area contributed by atoms with Gasteiger partial charge >= 0.3 is 0 Å². The number of amides is 1. The van der Waals surface area contributed by atoms with Gasteiger partial charge in [-0.1, -0.05) is 41.2 Å². The summed E-state index contributed by atoms with van der Waals surface area (Å²) >= 11 is 0. The van der Waals surface area contributed by atoms with E-state index < -0.39 is 0 Å². The van der Waals surface area contributed by atoms with Gasteiger partial charge < -0.3 is 10.1 Å². The van der Waals surface area contributed by atoms with E-state index in [-0.39, 0.29) is 24.2 Å². The Hall–Kier alpha value is -2.15. The Bertz CT molecular complexity index is 721. The third-order valence-corrected chi connectivity index (χ3v) is 5.16. The molecule has 3 rings (SSSR count). The van der Waals surface area contributed by atoms with Gasteiger partial charge in [0.2, 0.25) is 11.9 Å². The molecule has 2 aliphatic heterocycles. The molecular formula is C18H27N5O2. The third-order valence-electron chi connectivity index (χ3n) is 5.16. The highest BCUT2D eigenvalue weighted by Crippen LogP contribution is 2.43. The maximum Gasteiger partial charge on any atom is 0.229 e. The summed E-state index contributed by atoms with van der Waals surface area (Å²) in [5.74, 6) is 1.62. The van der Waals surface area contributed by atoms with Crippen molar-refractivity contribution in [1.82, 2.24) is 20.2 Å². The van der Waals surface area contributed by atoms with E-state index in [0.717, 1.165) is 6.42 Å². The number of ether oxygens (including phenoxy) is 1. The first kappa shape index (κ1) is 17.7. The van der Waals surface area contributed by atoms with E-state index in [0.29, 0.717) is 35.0 Å². The number of hydrogen-bond acceptors (Lipinski definition) is 5. The molecule has 2 N–H and O–H groups in total. The van der Waals surface area contributed by atoms with Crippen LogP contribution in [0.1, 0.15) is 53.0 Å². The third kappa shape index (κ3) is 3.08. The smallest absolute Gasteiger partial charge is 0.229 e. The number of rotatable bonds is 3. The molecule has 1 aromatic heterocycles. The number of guanidine groups is 1. The van der Waals surface area contributed by atoms with Gasteiger partial charge in [0, 0.05) is 11.8 Å². The second-order valence-corrected chi connectivity index (χ2v) is 7.22. The van der Waals surface area contributed by atoms with E-state index >= 15 is 0 Å². The highest BCUT2D eigenvalue weighted by molar-refractivity contribution is 6.04. The quantitative estimate of drug-likeness (QED) is 0.883. The largest absolute Gasteiger partial charge is 0.354 e. The molecule has 0 aliphatic carbocycles. The lowest BCUT2D eigenvalue weighted by Gasteiger charge is -2.22. The van der Waals surface area contributed by atoms with Crippen molar-refractivity contribution in [2.75, 3.05) is 0 Å². The molecule has 7 nitrogen and oxygen atoms in total. The van der Waals surface area contributed by atoms with Crippen molar-refractivity contribution >= 4 is 23.4 Å². The Kier molecular flexibility index (Phi) is 4.69. The molecule has 1 amide bonds. The number of aromatic nitrogens is 2. The number of fused-ring (bicyclic) bond motifs is 1. The summed E-state index contributed by atoms with van der Waals surface area (Å²) in [6.07, 6.45) is 2.84. The van der Waals surface area contributed by atoms with Crippen LogP contribution in [0.5, 0.6) is 0 Å². The van der Waals surface area contributed by atoms with Crippen LogP contribution in [0, 0.1) is 17.8 Å². The number of aliphatic imine (C=N–C) groups is 1. The zero-order valence-corrected chi connectivity index (χ0v) is 15.5. The van der Waals surface area contributed by atoms with Gasteiger partial charge in [-0.15, -0.1) is 0 Å². The Morgan fingerprint density at radius 3 is 2.76 bits per heavy atom. The Morgan fingerprint density at radius 1 is 1.44 bits per heavy atom. The molecule has 0 spiro atoms. The van der Waals surface area contributed by atoms with Crippen LogP contribution >= 0.6 is 0 Å². The number of nitrogens with one attached hydrogen (secondary N) is 2. The molecule has 2 unspecified atom stereocenters. The van der Waals surface area contributed by atoms with E-state index in [1.807, 2.05) is 18.4 Å². The molecule has 4 atom stereocenters. The first-order valence-electron chi connectivity index (χ1n) is 8.91. The maximum absolute atomic E-state index is 12.0. The summed E-state index contributed by atoms with van der Waals surface area (Å²) in [6.45, 7) is 14.2. The minimum absolute atomic E-state index is 0.0984. The van der Waals surface area contributed by atoms with Crippen molar-refractivity contribution in [2.45, 2.75) is 53.4 Å². The number of nitrogens with zero attached hydrogens (tertiary/aromatic N) is 3. The zero-order chi connectivity index (χ0) is 18.3. The lowest BCUT2D eigenvalue weighted by Crippen LogP contribution is -2.43. The van der Waals surface area contributed by atoms with Crippen molar-refractivity contribution in [1.29, 1.82) is 0 Å². The maximum atomic E-state index is 12.0. The van der Waals surface area contributed by atoms with Gasteiger partial charge in [-0.2, -0.15) is 4.99 Å². The Morgan fingerprint density at radius 2 is 2.16 bits per heavy atom. The molecule has 0 bridgehead atoms. The number of carbonyl (C=O) groups is 1. The van der Waals surface area contributed by atoms with Crippen LogP contribution < -0.4 is 10.6 Å². The molecule has 1 fully saturated rings. The molecular weight excluding hydrogens is 318 g/mol. The first-order chi connectivity index (χ1) is 11.8. The monoisotopic (exact) mass is 345 g/mol. The van der Waals surface area contributed by atoms with Crippen LogP contribution in [0.2, 0.25) is 0 Å². The van der Waals surface area contributed by atoms with Gasteiger partial charge in [-0.3, -0.25) is 14.7 Å². The van der Waals surface area contributed by atoms with Crippen LogP contribution in [0.4, 0.5) is 5.82 Å². The highest BCUT2D eigenvalue weighted by Gasteiger charge is 2.40. The SMILES string of the molecule is C=C1NC(NC(=O)C(C)C)=Nc2c1ncn2[C@@H]1O[C@H](CC)C(C)C1C. The number of carbonyl (C=O) groups excluding carboxylic acids is 1. The van der Waals surface area contributed by atoms with Crippen molar-refractivity contribution in [2.24, 2.45) is 22.7 Å². The van der Waals surface area contributed by atoms with E-state index in [2.05, 4.69) is 48.0 Å². The second kappa shape index (κ2) is 6.63. The fraction of sp³-hybridized carbons (Fsp3) is 0.611. The summed E-state index contributed by atoms with van der Waals surface area (Å²) in [4.78, 5) is 21.0. The van der Waals surface area contributed by atoms with Gasteiger partial charge in [0.15, 0.2) is 5.82 Å². The summed E-state index contributed by atoms with van der Waals surface area (Å²) in [5.41, 5.74) is 1.31. The molecule has 0 saturated carbocycles. The van der Waals surface area contributed by atoms with Crippen molar-refractivity contribution in [3.05, 3.63) is 18.6 Å². The molecule has 25 heavy (non-hydrogen) atoms. The van der Waals surface area contributed by atoms with E-state index in [1.165, 1.54) is 0 Å². The molecule has 2 aliphatic rings. The summed E-state index contributed by atoms with van der Waals surface area (Å²) in [5, 5.41) is 5.80. The average molecular weight is 345 g/mol. The lowest BCUT2D eigenvalue weighted by atomic mass is 9.91. The predicted molar refractivity (Wildman–Crippen MR) is 97.0 cm³/mol. The normalized spacial score (nSPS) is 28.6. The van der Waals surface area contributed by atoms with Crippen LogP contribution in [0.15, 0.2) is 17.9 Å². The topological polar surface area (TPSA) is 80.5 Å². The number of imidazole rings is 1. The molecule has 1 aromatic rings. The van der Waals surface area contributed by atoms with Gasteiger partial charge in [0.05, 0.1) is 18.1 Å². The Labute approximate surface area is 148 Å². The van der Waals surface area contributed by atoms with Crippen LogP contribution in [0.25, 0.3) is 5.70 Å². The Balaban J connectivity index is 1.93. The van der Waals surface area contributed by atoms with Gasteiger partial charge in [-0.25, -0.2) is 4.98 Å². The van der Waals surface area contributed by atoms with Gasteiger partial charge in [0.1, 0.15) is 11.9 Å². The van der Waals surface area contributed by atoms with Crippen LogP contribution in [-0.4, -0.2) is 27.5 Å². The van der Waals surface area contributed by atoms with Gasteiger partial charge in [0.25, 0.3) is 0 Å². The highest BCUT2D eigenvalue weighted by atomic mass is 16.5. The molecule has 0 radical (unpaired) electrons. The molecule has 7 heteroatoms. The molecule has 1 saturated heterocycles. The lowest BCUT2D eigenvalue weighted by molar-refractivity contribution is -0.122. The van der Waals surface area contributed by atoms with E-state index in [9.17, 15) is 4.79 Å². The fourth-order valence-electron chi connectivity index (χ4n) is 3.33. The van der Waals surface area contributed by atoms with E-state index in [4.69, 9.17) is 4.74 Å². The zero-order valence-electron chi connectivity index (χ0n) is 15.5. The summed E-state index contributed by atoms with van der Waals surface area (Å²) < 4.78 is 8.21. The minimum Gasteiger partial charge on any atom is -0.354 e. The van der Waals surface area contributed by atoms with Crippen LogP contribution in [0.3, 0.4) is 0 Å². The van der Waals surface area contributed by atoms with Crippen molar-refractivity contribution < 1.29 is 9.53 Å². The molecule has 136 valence electrons. The van der Waals surface area contributed by atoms with Gasteiger partial charge in [-0.05, 0) is 12.3 Å². The molecule has 3 heterocycles. The average Bonchev–Trinajstić information content (AvgIpc) is 3.10. The van der Waals surface area contributed by atoms with E-state index in [1.54, 1.807) is 6.33 Å². The number of hydrogen-bond donors (Lipinski definition) is 2. The van der Waals surface area contributed by atoms with Crippen LogP contribution in [-0.2, 0) is 9.53 Å².